The Morgan fingerprint density at radius 3 is 2.50 bits per heavy atom. The zero-order valence-corrected chi connectivity index (χ0v) is 12.2. The van der Waals surface area contributed by atoms with Crippen molar-refractivity contribution in [2.24, 2.45) is 0 Å². The summed E-state index contributed by atoms with van der Waals surface area (Å²) in [6.45, 7) is 10.5. The van der Waals surface area contributed by atoms with Gasteiger partial charge in [0.2, 0.25) is 0 Å². The van der Waals surface area contributed by atoms with Crippen molar-refractivity contribution in [1.82, 2.24) is 5.32 Å². The standard InChI is InChI=1S/C16H27NO/c1-5-13(3)15-9-7-8-10-16(15)18-12-11-17-14(4)6-2/h7-10,13-14,17H,5-6,11-12H2,1-4H3/t13-,14-/m1/s1. The Labute approximate surface area is 112 Å². The van der Waals surface area contributed by atoms with Gasteiger partial charge in [0.15, 0.2) is 0 Å². The summed E-state index contributed by atoms with van der Waals surface area (Å²) in [6.07, 6.45) is 2.30. The summed E-state index contributed by atoms with van der Waals surface area (Å²) in [5, 5.41) is 3.44. The quantitative estimate of drug-likeness (QED) is 0.704. The van der Waals surface area contributed by atoms with Crippen molar-refractivity contribution in [1.29, 1.82) is 0 Å². The third kappa shape index (κ3) is 4.69. The zero-order chi connectivity index (χ0) is 13.4. The van der Waals surface area contributed by atoms with Crippen LogP contribution in [0.4, 0.5) is 0 Å². The molecule has 102 valence electrons. The molecule has 0 spiro atoms. The summed E-state index contributed by atoms with van der Waals surface area (Å²) in [5.74, 6) is 1.60. The summed E-state index contributed by atoms with van der Waals surface area (Å²) >= 11 is 0. The summed E-state index contributed by atoms with van der Waals surface area (Å²) in [7, 11) is 0. The van der Waals surface area contributed by atoms with Crippen LogP contribution in [0.2, 0.25) is 0 Å². The van der Waals surface area contributed by atoms with Crippen molar-refractivity contribution in [3.8, 4) is 5.75 Å². The Morgan fingerprint density at radius 2 is 1.83 bits per heavy atom. The van der Waals surface area contributed by atoms with E-state index in [2.05, 4.69) is 51.2 Å². The first-order valence-corrected chi connectivity index (χ1v) is 7.14. The number of hydrogen-bond donors (Lipinski definition) is 1. The average molecular weight is 249 g/mol. The minimum Gasteiger partial charge on any atom is -0.492 e. The lowest BCUT2D eigenvalue weighted by Gasteiger charge is -2.16. The van der Waals surface area contributed by atoms with Gasteiger partial charge in [-0.15, -0.1) is 0 Å². The number of hydrogen-bond acceptors (Lipinski definition) is 2. The number of ether oxygens (including phenoxy) is 1. The molecule has 0 aliphatic carbocycles. The minimum absolute atomic E-state index is 0.559. The molecule has 0 amide bonds. The van der Waals surface area contributed by atoms with Crippen LogP contribution in [0.25, 0.3) is 0 Å². The molecule has 1 rings (SSSR count). The Kier molecular flexibility index (Phi) is 6.81. The van der Waals surface area contributed by atoms with Crippen LogP contribution in [-0.4, -0.2) is 19.2 Å². The third-order valence-corrected chi connectivity index (χ3v) is 3.53. The topological polar surface area (TPSA) is 21.3 Å². The number of benzene rings is 1. The van der Waals surface area contributed by atoms with E-state index in [9.17, 15) is 0 Å². The van der Waals surface area contributed by atoms with Gasteiger partial charge in [0.25, 0.3) is 0 Å². The fourth-order valence-electron chi connectivity index (χ4n) is 1.85. The van der Waals surface area contributed by atoms with Crippen LogP contribution in [0.1, 0.15) is 52.0 Å². The van der Waals surface area contributed by atoms with E-state index >= 15 is 0 Å². The highest BCUT2D eigenvalue weighted by atomic mass is 16.5. The second-order valence-corrected chi connectivity index (χ2v) is 4.96. The van der Waals surface area contributed by atoms with Gasteiger partial charge in [-0.25, -0.2) is 0 Å². The van der Waals surface area contributed by atoms with Crippen LogP contribution in [-0.2, 0) is 0 Å². The number of rotatable bonds is 8. The lowest BCUT2D eigenvalue weighted by atomic mass is 9.98. The Bertz CT molecular complexity index is 338. The van der Waals surface area contributed by atoms with Crippen molar-refractivity contribution >= 4 is 0 Å². The average Bonchev–Trinajstić information content (AvgIpc) is 2.42. The van der Waals surface area contributed by atoms with E-state index in [1.165, 1.54) is 5.56 Å². The van der Waals surface area contributed by atoms with Gasteiger partial charge in [-0.05, 0) is 37.3 Å². The summed E-state index contributed by atoms with van der Waals surface area (Å²) < 4.78 is 5.89. The highest BCUT2D eigenvalue weighted by molar-refractivity contribution is 5.35. The van der Waals surface area contributed by atoms with Crippen LogP contribution < -0.4 is 10.1 Å². The largest absolute Gasteiger partial charge is 0.492 e. The molecule has 2 atom stereocenters. The van der Waals surface area contributed by atoms with E-state index in [0.717, 1.165) is 31.7 Å². The molecule has 0 heterocycles. The summed E-state index contributed by atoms with van der Waals surface area (Å²) in [6, 6.07) is 8.95. The highest BCUT2D eigenvalue weighted by Gasteiger charge is 2.09. The molecule has 0 aliphatic heterocycles. The molecule has 0 bridgehead atoms. The van der Waals surface area contributed by atoms with Crippen LogP contribution in [0.15, 0.2) is 24.3 Å². The minimum atomic E-state index is 0.559. The van der Waals surface area contributed by atoms with Crippen LogP contribution in [0.3, 0.4) is 0 Å². The molecule has 1 N–H and O–H groups in total. The normalized spacial score (nSPS) is 14.2. The SMILES string of the molecule is CC[C@@H](C)NCCOc1ccccc1[C@H](C)CC. The fourth-order valence-corrected chi connectivity index (χ4v) is 1.85. The molecule has 1 aromatic carbocycles. The molecule has 1 aromatic rings. The second-order valence-electron chi connectivity index (χ2n) is 4.96. The zero-order valence-electron chi connectivity index (χ0n) is 12.2. The molecule has 0 aromatic heterocycles. The predicted molar refractivity (Wildman–Crippen MR) is 78.4 cm³/mol. The maximum Gasteiger partial charge on any atom is 0.122 e. The van der Waals surface area contributed by atoms with E-state index in [-0.39, 0.29) is 0 Å². The molecule has 0 saturated carbocycles. The molecule has 0 aliphatic rings. The molecule has 0 fully saturated rings. The van der Waals surface area contributed by atoms with Crippen molar-refractivity contribution in [2.75, 3.05) is 13.2 Å². The van der Waals surface area contributed by atoms with E-state index in [1.54, 1.807) is 0 Å². The monoisotopic (exact) mass is 249 g/mol. The van der Waals surface area contributed by atoms with E-state index in [0.29, 0.717) is 12.0 Å². The van der Waals surface area contributed by atoms with Crippen molar-refractivity contribution < 1.29 is 4.74 Å². The second kappa shape index (κ2) is 8.15. The Balaban J connectivity index is 2.46. The Hall–Kier alpha value is -1.02. The molecular formula is C16H27NO. The Morgan fingerprint density at radius 1 is 1.11 bits per heavy atom. The van der Waals surface area contributed by atoms with Crippen molar-refractivity contribution in [3.05, 3.63) is 29.8 Å². The van der Waals surface area contributed by atoms with Gasteiger partial charge < -0.3 is 10.1 Å². The van der Waals surface area contributed by atoms with Gasteiger partial charge in [0.05, 0.1) is 0 Å². The highest BCUT2D eigenvalue weighted by Crippen LogP contribution is 2.28. The first-order valence-electron chi connectivity index (χ1n) is 7.14. The number of nitrogens with one attached hydrogen (secondary N) is 1. The molecule has 2 nitrogen and oxygen atoms in total. The maximum absolute atomic E-state index is 5.89. The lowest BCUT2D eigenvalue weighted by Crippen LogP contribution is -2.29. The van der Waals surface area contributed by atoms with Gasteiger partial charge in [-0.3, -0.25) is 0 Å². The summed E-state index contributed by atoms with van der Waals surface area (Å²) in [4.78, 5) is 0. The first-order chi connectivity index (χ1) is 8.69. The molecule has 0 radical (unpaired) electrons. The van der Waals surface area contributed by atoms with Gasteiger partial charge in [0, 0.05) is 12.6 Å². The van der Waals surface area contributed by atoms with Crippen LogP contribution in [0.5, 0.6) is 5.75 Å². The van der Waals surface area contributed by atoms with E-state index in [4.69, 9.17) is 4.74 Å². The predicted octanol–water partition coefficient (Wildman–Crippen LogP) is 3.97. The molecule has 0 unspecified atom stereocenters. The molecule has 18 heavy (non-hydrogen) atoms. The fraction of sp³-hybridized carbons (Fsp3) is 0.625. The molecular weight excluding hydrogens is 222 g/mol. The smallest absolute Gasteiger partial charge is 0.122 e. The first kappa shape index (κ1) is 15.0. The number of para-hydroxylation sites is 1. The van der Waals surface area contributed by atoms with Crippen LogP contribution >= 0.6 is 0 Å². The van der Waals surface area contributed by atoms with Gasteiger partial charge in [0.1, 0.15) is 12.4 Å². The van der Waals surface area contributed by atoms with Crippen molar-refractivity contribution in [3.63, 3.8) is 0 Å². The van der Waals surface area contributed by atoms with Gasteiger partial charge >= 0.3 is 0 Å². The molecule has 0 saturated heterocycles. The molecule has 2 heteroatoms. The summed E-state index contributed by atoms with van der Waals surface area (Å²) in [5.41, 5.74) is 1.32. The van der Waals surface area contributed by atoms with Gasteiger partial charge in [-0.2, -0.15) is 0 Å². The lowest BCUT2D eigenvalue weighted by molar-refractivity contribution is 0.301. The van der Waals surface area contributed by atoms with Crippen molar-refractivity contribution in [2.45, 2.75) is 52.5 Å². The third-order valence-electron chi connectivity index (χ3n) is 3.53. The van der Waals surface area contributed by atoms with Crippen LogP contribution in [0, 0.1) is 0 Å². The van der Waals surface area contributed by atoms with E-state index in [1.807, 2.05) is 6.07 Å². The van der Waals surface area contributed by atoms with Gasteiger partial charge in [-0.1, -0.05) is 39.0 Å². The van der Waals surface area contributed by atoms with E-state index < -0.39 is 0 Å². The maximum atomic E-state index is 5.89.